The molecule has 0 spiro atoms. The van der Waals surface area contributed by atoms with Crippen molar-refractivity contribution < 1.29 is 5.11 Å². The summed E-state index contributed by atoms with van der Waals surface area (Å²) >= 11 is 6.25. The van der Waals surface area contributed by atoms with E-state index in [-0.39, 0.29) is 0 Å². The topological polar surface area (TPSA) is 23.5 Å². The molecule has 1 rings (SSSR count). The molecule has 0 heterocycles. The van der Waals surface area contributed by atoms with Gasteiger partial charge >= 0.3 is 0 Å². The van der Waals surface area contributed by atoms with Crippen LogP contribution in [0.1, 0.15) is 69.6 Å². The smallest absolute Gasteiger partial charge is 0.0931 e. The number of aliphatic hydroxyl groups is 1. The van der Waals surface area contributed by atoms with Crippen LogP contribution >= 0.6 is 11.6 Å². The van der Waals surface area contributed by atoms with E-state index in [0.29, 0.717) is 11.6 Å². The summed E-state index contributed by atoms with van der Waals surface area (Å²) in [5.74, 6) is 0. The van der Waals surface area contributed by atoms with Crippen molar-refractivity contribution in [3.63, 3.8) is 0 Å². The third-order valence-corrected chi connectivity index (χ3v) is 4.44. The van der Waals surface area contributed by atoms with Gasteiger partial charge in [0.1, 0.15) is 0 Å². The van der Waals surface area contributed by atoms with Gasteiger partial charge in [0.15, 0.2) is 0 Å². The normalized spacial score (nSPS) is 12.8. The Balaban J connectivity index is 2.62. The van der Waals surface area contributed by atoms with Crippen molar-refractivity contribution in [2.24, 2.45) is 0 Å². The molecule has 1 aromatic rings. The van der Waals surface area contributed by atoms with Gasteiger partial charge in [0, 0.05) is 17.1 Å². The molecular weight excluding hydrogens is 294 g/mol. The first kappa shape index (κ1) is 19.5. The third kappa shape index (κ3) is 7.13. The Kier molecular flexibility index (Phi) is 9.77. The maximum atomic E-state index is 10.6. The van der Waals surface area contributed by atoms with Crippen LogP contribution in [0, 0.1) is 6.92 Å². The van der Waals surface area contributed by atoms with Crippen LogP contribution in [0.15, 0.2) is 18.2 Å². The molecule has 0 saturated heterocycles. The number of aryl methyl sites for hydroxylation is 1. The molecule has 1 atom stereocenters. The van der Waals surface area contributed by atoms with Crippen molar-refractivity contribution >= 4 is 11.6 Å². The van der Waals surface area contributed by atoms with Crippen molar-refractivity contribution in [3.8, 4) is 0 Å². The number of rotatable bonds is 11. The summed E-state index contributed by atoms with van der Waals surface area (Å²) in [6.45, 7) is 9.30. The summed E-state index contributed by atoms with van der Waals surface area (Å²) < 4.78 is 0. The maximum Gasteiger partial charge on any atom is 0.0931 e. The Morgan fingerprint density at radius 2 is 1.64 bits per heavy atom. The fourth-order valence-electron chi connectivity index (χ4n) is 2.73. The first-order chi connectivity index (χ1) is 10.6. The van der Waals surface area contributed by atoms with Gasteiger partial charge in [-0.05, 0) is 38.9 Å². The van der Waals surface area contributed by atoms with E-state index in [1.165, 1.54) is 38.5 Å². The maximum absolute atomic E-state index is 10.6. The molecule has 0 aliphatic heterocycles. The summed E-state index contributed by atoms with van der Waals surface area (Å²) in [7, 11) is 0. The quantitative estimate of drug-likeness (QED) is 0.553. The summed E-state index contributed by atoms with van der Waals surface area (Å²) in [6, 6.07) is 5.87. The molecule has 0 aromatic heterocycles. The molecule has 0 fully saturated rings. The second-order valence-corrected chi connectivity index (χ2v) is 6.66. The number of benzene rings is 1. The molecule has 0 aliphatic rings. The lowest BCUT2D eigenvalue weighted by Crippen LogP contribution is -2.31. The second kappa shape index (κ2) is 11.0. The molecule has 22 heavy (non-hydrogen) atoms. The van der Waals surface area contributed by atoms with Crippen LogP contribution in [0.3, 0.4) is 0 Å². The van der Waals surface area contributed by atoms with Crippen LogP contribution in [0.2, 0.25) is 5.02 Å². The number of nitrogens with zero attached hydrogens (tertiary/aromatic N) is 1. The van der Waals surface area contributed by atoms with Crippen LogP contribution in [0.25, 0.3) is 0 Å². The van der Waals surface area contributed by atoms with E-state index in [1.54, 1.807) is 0 Å². The van der Waals surface area contributed by atoms with Crippen molar-refractivity contribution in [2.75, 3.05) is 19.6 Å². The zero-order chi connectivity index (χ0) is 16.4. The summed E-state index contributed by atoms with van der Waals surface area (Å²) in [5.41, 5.74) is 2.00. The van der Waals surface area contributed by atoms with Crippen LogP contribution in [-0.2, 0) is 0 Å². The Labute approximate surface area is 141 Å². The fraction of sp³-hybridized carbons (Fsp3) is 0.684. The molecule has 0 aliphatic carbocycles. The molecule has 2 nitrogen and oxygen atoms in total. The van der Waals surface area contributed by atoms with E-state index in [9.17, 15) is 5.11 Å². The highest BCUT2D eigenvalue weighted by Gasteiger charge is 2.16. The Hall–Kier alpha value is -0.570. The van der Waals surface area contributed by atoms with Gasteiger partial charge in [-0.25, -0.2) is 0 Å². The third-order valence-electron chi connectivity index (χ3n) is 4.10. The van der Waals surface area contributed by atoms with Gasteiger partial charge in [-0.3, -0.25) is 0 Å². The summed E-state index contributed by atoms with van der Waals surface area (Å²) in [5, 5.41) is 11.2. The molecule has 0 saturated carbocycles. The second-order valence-electron chi connectivity index (χ2n) is 6.26. The van der Waals surface area contributed by atoms with Crippen LogP contribution in [0.5, 0.6) is 0 Å². The molecule has 0 amide bonds. The molecule has 126 valence electrons. The predicted molar refractivity (Wildman–Crippen MR) is 96.6 cm³/mol. The standard InChI is InChI=1S/C19H32ClNO/c1-4-6-8-12-21(13-9-7-5-2)15-19(22)17-14-16(3)10-11-18(17)20/h10-11,14,19,22H,4-9,12-13,15H2,1-3H3/t19-/m1/s1. The zero-order valence-electron chi connectivity index (χ0n) is 14.4. The van der Waals surface area contributed by atoms with Crippen LogP contribution < -0.4 is 0 Å². The minimum atomic E-state index is -0.504. The van der Waals surface area contributed by atoms with Gasteiger partial charge in [-0.15, -0.1) is 0 Å². The monoisotopic (exact) mass is 325 g/mol. The molecular formula is C19H32ClNO. The highest BCUT2D eigenvalue weighted by molar-refractivity contribution is 6.31. The van der Waals surface area contributed by atoms with E-state index in [4.69, 9.17) is 11.6 Å². The summed E-state index contributed by atoms with van der Waals surface area (Å²) in [6.07, 6.45) is 6.88. The van der Waals surface area contributed by atoms with Gasteiger partial charge < -0.3 is 10.0 Å². The van der Waals surface area contributed by atoms with Gasteiger partial charge in [-0.2, -0.15) is 0 Å². The SMILES string of the molecule is CCCCCN(CCCCC)C[C@@H](O)c1cc(C)ccc1Cl. The first-order valence-corrected chi connectivity index (χ1v) is 9.12. The van der Waals surface area contributed by atoms with Crippen molar-refractivity contribution in [1.82, 2.24) is 4.90 Å². The molecule has 1 aromatic carbocycles. The lowest BCUT2D eigenvalue weighted by atomic mass is 10.1. The number of halogens is 1. The minimum absolute atomic E-state index is 0.504. The number of unbranched alkanes of at least 4 members (excludes halogenated alkanes) is 4. The molecule has 0 radical (unpaired) electrons. The van der Waals surface area contributed by atoms with Crippen molar-refractivity contribution in [2.45, 2.75) is 65.4 Å². The lowest BCUT2D eigenvalue weighted by molar-refractivity contribution is 0.110. The van der Waals surface area contributed by atoms with Gasteiger partial charge in [-0.1, -0.05) is 68.8 Å². The van der Waals surface area contributed by atoms with E-state index in [0.717, 1.165) is 24.2 Å². The minimum Gasteiger partial charge on any atom is -0.387 e. The zero-order valence-corrected chi connectivity index (χ0v) is 15.2. The Bertz CT molecular complexity index is 412. The van der Waals surface area contributed by atoms with E-state index < -0.39 is 6.10 Å². The van der Waals surface area contributed by atoms with Gasteiger partial charge in [0.25, 0.3) is 0 Å². The average molecular weight is 326 g/mol. The van der Waals surface area contributed by atoms with Crippen LogP contribution in [-0.4, -0.2) is 29.6 Å². The molecule has 3 heteroatoms. The van der Waals surface area contributed by atoms with E-state index in [1.807, 2.05) is 25.1 Å². The molecule has 1 N–H and O–H groups in total. The Morgan fingerprint density at radius 1 is 1.05 bits per heavy atom. The average Bonchev–Trinajstić information content (AvgIpc) is 2.49. The number of hydrogen-bond acceptors (Lipinski definition) is 2. The van der Waals surface area contributed by atoms with Crippen molar-refractivity contribution in [1.29, 1.82) is 0 Å². The summed E-state index contributed by atoms with van der Waals surface area (Å²) in [4.78, 5) is 2.40. The van der Waals surface area contributed by atoms with Crippen molar-refractivity contribution in [3.05, 3.63) is 34.3 Å². The van der Waals surface area contributed by atoms with Gasteiger partial charge in [0.05, 0.1) is 6.10 Å². The van der Waals surface area contributed by atoms with Gasteiger partial charge in [0.2, 0.25) is 0 Å². The highest BCUT2D eigenvalue weighted by Crippen LogP contribution is 2.25. The van der Waals surface area contributed by atoms with Crippen LogP contribution in [0.4, 0.5) is 0 Å². The van der Waals surface area contributed by atoms with E-state index in [2.05, 4.69) is 18.7 Å². The van der Waals surface area contributed by atoms with E-state index >= 15 is 0 Å². The first-order valence-electron chi connectivity index (χ1n) is 8.75. The fourth-order valence-corrected chi connectivity index (χ4v) is 2.97. The molecule has 0 bridgehead atoms. The highest BCUT2D eigenvalue weighted by atomic mass is 35.5. The predicted octanol–water partition coefficient (Wildman–Crippen LogP) is 5.36. The number of hydrogen-bond donors (Lipinski definition) is 1. The molecule has 0 unspecified atom stereocenters. The number of aliphatic hydroxyl groups excluding tert-OH is 1. The largest absolute Gasteiger partial charge is 0.387 e. The lowest BCUT2D eigenvalue weighted by Gasteiger charge is -2.26. The Morgan fingerprint density at radius 3 is 2.18 bits per heavy atom.